The molecule has 1 heterocycles. The van der Waals surface area contributed by atoms with Crippen molar-refractivity contribution in [3.8, 4) is 29.1 Å². The summed E-state index contributed by atoms with van der Waals surface area (Å²) < 4.78 is 16.5. The van der Waals surface area contributed by atoms with E-state index in [4.69, 9.17) is 37.4 Å². The zero-order chi connectivity index (χ0) is 19.1. The highest BCUT2D eigenvalue weighted by molar-refractivity contribution is 6.36. The van der Waals surface area contributed by atoms with Crippen LogP contribution in [0.3, 0.4) is 0 Å². The largest absolute Gasteiger partial charge is 0.493 e. The molecule has 1 unspecified atom stereocenters. The van der Waals surface area contributed by atoms with Crippen molar-refractivity contribution < 1.29 is 19.0 Å². The Kier molecular flexibility index (Phi) is 7.14. The van der Waals surface area contributed by atoms with Gasteiger partial charge in [-0.3, -0.25) is 4.98 Å². The van der Waals surface area contributed by atoms with Crippen molar-refractivity contribution in [3.05, 3.63) is 45.7 Å². The summed E-state index contributed by atoms with van der Waals surface area (Å²) in [5, 5.41) is 0.562. The van der Waals surface area contributed by atoms with E-state index in [1.54, 1.807) is 19.1 Å². The van der Waals surface area contributed by atoms with E-state index in [1.807, 2.05) is 0 Å². The second-order valence-corrected chi connectivity index (χ2v) is 5.88. The Labute approximate surface area is 162 Å². The van der Waals surface area contributed by atoms with E-state index in [9.17, 15) is 4.79 Å². The lowest BCUT2D eigenvalue weighted by Crippen LogP contribution is -2.10. The van der Waals surface area contributed by atoms with Gasteiger partial charge in [0.2, 0.25) is 5.75 Å². The lowest BCUT2D eigenvalue weighted by Gasteiger charge is -2.21. The molecule has 0 bridgehead atoms. The SMILES string of the molecule is CC#CCOc1c(C(C=O)c2c(Cl)cncc2Cl)ccc(OC)c1OC. The zero-order valence-corrected chi connectivity index (χ0v) is 16.0. The Morgan fingerprint density at radius 3 is 2.38 bits per heavy atom. The number of ether oxygens (including phenoxy) is 3. The van der Waals surface area contributed by atoms with E-state index < -0.39 is 5.92 Å². The van der Waals surface area contributed by atoms with Gasteiger partial charge < -0.3 is 19.0 Å². The van der Waals surface area contributed by atoms with Crippen LogP contribution in [0.5, 0.6) is 17.2 Å². The van der Waals surface area contributed by atoms with E-state index in [-0.39, 0.29) is 16.7 Å². The van der Waals surface area contributed by atoms with Gasteiger partial charge in [-0.15, -0.1) is 5.92 Å². The molecule has 1 atom stereocenters. The molecule has 0 aliphatic carbocycles. The number of aldehydes is 1. The Balaban J connectivity index is 2.68. The molecule has 26 heavy (non-hydrogen) atoms. The van der Waals surface area contributed by atoms with Crippen molar-refractivity contribution >= 4 is 29.5 Å². The highest BCUT2D eigenvalue weighted by atomic mass is 35.5. The molecule has 1 aromatic heterocycles. The molecule has 0 N–H and O–H groups in total. The number of pyridine rings is 1. The number of carbonyl (C=O) groups is 1. The van der Waals surface area contributed by atoms with Gasteiger partial charge >= 0.3 is 0 Å². The molecule has 2 aromatic rings. The summed E-state index contributed by atoms with van der Waals surface area (Å²) >= 11 is 12.5. The molecule has 0 amide bonds. The molecule has 0 radical (unpaired) electrons. The van der Waals surface area contributed by atoms with Crippen LogP contribution < -0.4 is 14.2 Å². The summed E-state index contributed by atoms with van der Waals surface area (Å²) in [6, 6.07) is 3.40. The molecule has 5 nitrogen and oxygen atoms in total. The highest BCUT2D eigenvalue weighted by Gasteiger charge is 2.27. The number of nitrogens with zero attached hydrogens (tertiary/aromatic N) is 1. The molecule has 1 aromatic carbocycles. The normalized spacial score (nSPS) is 11.1. The summed E-state index contributed by atoms with van der Waals surface area (Å²) in [4.78, 5) is 15.9. The first kappa shape index (κ1) is 19.9. The first-order valence-corrected chi connectivity index (χ1v) is 8.36. The molecule has 0 saturated heterocycles. The summed E-state index contributed by atoms with van der Waals surface area (Å²) in [7, 11) is 3.00. The number of benzene rings is 1. The molecule has 0 spiro atoms. The van der Waals surface area contributed by atoms with Gasteiger partial charge in [0.05, 0.1) is 30.2 Å². The average Bonchev–Trinajstić information content (AvgIpc) is 2.64. The smallest absolute Gasteiger partial charge is 0.203 e. The maximum Gasteiger partial charge on any atom is 0.203 e. The van der Waals surface area contributed by atoms with Gasteiger partial charge in [0.1, 0.15) is 12.9 Å². The number of hydrogen-bond donors (Lipinski definition) is 0. The zero-order valence-electron chi connectivity index (χ0n) is 14.5. The van der Waals surface area contributed by atoms with Gasteiger partial charge in [-0.25, -0.2) is 0 Å². The predicted octanol–water partition coefficient (Wildman–Crippen LogP) is 4.14. The molecule has 0 aliphatic heterocycles. The van der Waals surface area contributed by atoms with E-state index in [1.165, 1.54) is 26.6 Å². The van der Waals surface area contributed by atoms with Crippen LogP contribution in [0.2, 0.25) is 10.0 Å². The molecule has 0 fully saturated rings. The topological polar surface area (TPSA) is 57.7 Å². The van der Waals surface area contributed by atoms with E-state index >= 15 is 0 Å². The van der Waals surface area contributed by atoms with Gasteiger partial charge in [0.25, 0.3) is 0 Å². The summed E-state index contributed by atoms with van der Waals surface area (Å²) in [5.41, 5.74) is 0.975. The Hall–Kier alpha value is -2.42. The number of hydrogen-bond acceptors (Lipinski definition) is 5. The van der Waals surface area contributed by atoms with E-state index in [2.05, 4.69) is 16.8 Å². The lowest BCUT2D eigenvalue weighted by atomic mass is 9.92. The van der Waals surface area contributed by atoms with E-state index in [0.29, 0.717) is 28.4 Å². The van der Waals surface area contributed by atoms with Crippen LogP contribution in [0, 0.1) is 11.8 Å². The number of rotatable bonds is 7. The van der Waals surface area contributed by atoms with Gasteiger partial charge in [-0.1, -0.05) is 35.2 Å². The third-order valence-electron chi connectivity index (χ3n) is 3.67. The third-order valence-corrected chi connectivity index (χ3v) is 4.27. The van der Waals surface area contributed by atoms with Crippen LogP contribution in [-0.4, -0.2) is 32.1 Å². The van der Waals surface area contributed by atoms with Gasteiger partial charge in [-0.2, -0.15) is 0 Å². The molecule has 0 aliphatic rings. The van der Waals surface area contributed by atoms with Crippen molar-refractivity contribution in [2.75, 3.05) is 20.8 Å². The van der Waals surface area contributed by atoms with Gasteiger partial charge in [-0.05, 0) is 13.0 Å². The Bertz CT molecular complexity index is 838. The van der Waals surface area contributed by atoms with Crippen LogP contribution in [0.4, 0.5) is 0 Å². The minimum absolute atomic E-state index is 0.121. The number of aromatic nitrogens is 1. The molecular formula is C19H17Cl2NO4. The van der Waals surface area contributed by atoms with Crippen LogP contribution >= 0.6 is 23.2 Å². The standard InChI is InChI=1S/C19H17Cl2NO4/c1-4-5-8-26-18-12(6-7-16(24-2)19(18)25-3)13(11-23)17-14(20)9-22-10-15(17)21/h6-7,9-11,13H,8H2,1-3H3. The average molecular weight is 394 g/mol. The molecular weight excluding hydrogens is 377 g/mol. The van der Waals surface area contributed by atoms with Crippen molar-refractivity contribution in [2.45, 2.75) is 12.8 Å². The Morgan fingerprint density at radius 1 is 1.15 bits per heavy atom. The van der Waals surface area contributed by atoms with Crippen molar-refractivity contribution in [3.63, 3.8) is 0 Å². The molecule has 0 saturated carbocycles. The predicted molar refractivity (Wildman–Crippen MR) is 101 cm³/mol. The maximum absolute atomic E-state index is 12.0. The van der Waals surface area contributed by atoms with E-state index in [0.717, 1.165) is 6.29 Å². The first-order chi connectivity index (χ1) is 12.6. The quantitative estimate of drug-likeness (QED) is 0.522. The van der Waals surface area contributed by atoms with Crippen LogP contribution in [0.1, 0.15) is 24.0 Å². The monoisotopic (exact) mass is 393 g/mol. The summed E-state index contributed by atoms with van der Waals surface area (Å²) in [5.74, 6) is 5.95. The molecule has 2 rings (SSSR count). The summed E-state index contributed by atoms with van der Waals surface area (Å²) in [6.07, 6.45) is 3.61. The van der Waals surface area contributed by atoms with Crippen molar-refractivity contribution in [2.24, 2.45) is 0 Å². The Morgan fingerprint density at radius 2 is 1.85 bits per heavy atom. The van der Waals surface area contributed by atoms with Crippen molar-refractivity contribution in [1.29, 1.82) is 0 Å². The van der Waals surface area contributed by atoms with Crippen LogP contribution in [0.15, 0.2) is 24.5 Å². The minimum Gasteiger partial charge on any atom is -0.493 e. The maximum atomic E-state index is 12.0. The molecule has 7 heteroatoms. The summed E-state index contributed by atoms with van der Waals surface area (Å²) in [6.45, 7) is 1.83. The fourth-order valence-electron chi connectivity index (χ4n) is 2.50. The second kappa shape index (κ2) is 9.33. The second-order valence-electron chi connectivity index (χ2n) is 5.07. The van der Waals surface area contributed by atoms with Gasteiger partial charge in [0, 0.05) is 23.5 Å². The minimum atomic E-state index is -0.776. The highest BCUT2D eigenvalue weighted by Crippen LogP contribution is 2.45. The molecule has 136 valence electrons. The van der Waals surface area contributed by atoms with Crippen LogP contribution in [0.25, 0.3) is 0 Å². The van der Waals surface area contributed by atoms with Gasteiger partial charge in [0.15, 0.2) is 11.5 Å². The van der Waals surface area contributed by atoms with Crippen LogP contribution in [-0.2, 0) is 4.79 Å². The lowest BCUT2D eigenvalue weighted by molar-refractivity contribution is -0.108. The van der Waals surface area contributed by atoms with Crippen molar-refractivity contribution in [1.82, 2.24) is 4.98 Å². The number of carbonyl (C=O) groups excluding carboxylic acids is 1. The fourth-order valence-corrected chi connectivity index (χ4v) is 3.10. The number of methoxy groups -OCH3 is 2. The third kappa shape index (κ3) is 4.04. The first-order valence-electron chi connectivity index (χ1n) is 7.60. The fraction of sp³-hybridized carbons (Fsp3) is 0.263. The number of halogens is 2.